The predicted molar refractivity (Wildman–Crippen MR) is 112 cm³/mol. The molecule has 0 unspecified atom stereocenters. The molecule has 1 N–H and O–H groups in total. The number of carbonyl (C=O) groups excluding carboxylic acids is 1. The molecule has 1 aliphatic carbocycles. The highest BCUT2D eigenvalue weighted by Gasteiger charge is 2.40. The maximum absolute atomic E-state index is 13.0. The molecule has 1 amide bonds. The smallest absolute Gasteiger partial charge is 0.251 e. The summed E-state index contributed by atoms with van der Waals surface area (Å²) in [4.78, 5) is 15.1. The lowest BCUT2D eigenvalue weighted by molar-refractivity contribution is -0.130. The van der Waals surface area contributed by atoms with Gasteiger partial charge in [-0.3, -0.25) is 10.1 Å². The average Bonchev–Trinajstić information content (AvgIpc) is 2.88. The zero-order valence-corrected chi connectivity index (χ0v) is 17.7. The van der Waals surface area contributed by atoms with Gasteiger partial charge in [0.15, 0.2) is 0 Å². The lowest BCUT2D eigenvalue weighted by atomic mass is 9.78. The normalized spacial score (nSPS) is 30.1. The van der Waals surface area contributed by atoms with Crippen LogP contribution in [0.4, 0.5) is 0 Å². The van der Waals surface area contributed by atoms with Crippen molar-refractivity contribution >= 4 is 5.91 Å². The summed E-state index contributed by atoms with van der Waals surface area (Å²) in [5.41, 5.74) is 3.48. The van der Waals surface area contributed by atoms with Crippen molar-refractivity contribution < 1.29 is 4.79 Å². The Kier molecular flexibility index (Phi) is 6.41. The maximum Gasteiger partial charge on any atom is 0.251 e. The number of amides is 1. The maximum atomic E-state index is 13.0. The van der Waals surface area contributed by atoms with Crippen LogP contribution in [-0.2, 0) is 11.2 Å². The van der Waals surface area contributed by atoms with Gasteiger partial charge < -0.3 is 4.90 Å². The van der Waals surface area contributed by atoms with Crippen LogP contribution in [0.15, 0.2) is 41.5 Å². The molecule has 3 heteroatoms. The Morgan fingerprint density at radius 2 is 1.85 bits per heavy atom. The van der Waals surface area contributed by atoms with Crippen molar-refractivity contribution in [1.82, 2.24) is 10.2 Å². The molecule has 0 aromatic heterocycles. The Morgan fingerprint density at radius 1 is 1.15 bits per heavy atom. The molecule has 3 rings (SSSR count). The van der Waals surface area contributed by atoms with Gasteiger partial charge in [-0.2, -0.15) is 0 Å². The first-order valence-electron chi connectivity index (χ1n) is 10.7. The fraction of sp³-hybridized carbons (Fsp3) is 0.625. The van der Waals surface area contributed by atoms with Crippen LogP contribution in [0.1, 0.15) is 65.9 Å². The van der Waals surface area contributed by atoms with Gasteiger partial charge in [-0.25, -0.2) is 0 Å². The number of hydrogen-bond donors (Lipinski definition) is 1. The van der Waals surface area contributed by atoms with Crippen LogP contribution in [0.2, 0.25) is 0 Å². The van der Waals surface area contributed by atoms with E-state index in [9.17, 15) is 4.79 Å². The number of nitrogens with one attached hydrogen (secondary N) is 1. The minimum Gasteiger partial charge on any atom is -0.317 e. The molecule has 0 bridgehead atoms. The first kappa shape index (κ1) is 20.1. The topological polar surface area (TPSA) is 32.3 Å². The molecule has 1 aliphatic heterocycles. The van der Waals surface area contributed by atoms with E-state index in [0.717, 1.165) is 24.3 Å². The Labute approximate surface area is 165 Å². The zero-order chi connectivity index (χ0) is 19.6. The molecule has 1 saturated carbocycles. The van der Waals surface area contributed by atoms with E-state index in [2.05, 4.69) is 68.2 Å². The highest BCUT2D eigenvalue weighted by atomic mass is 16.2. The third kappa shape index (κ3) is 4.29. The summed E-state index contributed by atoms with van der Waals surface area (Å²) in [6, 6.07) is 11.3. The molecule has 1 fully saturated rings. The van der Waals surface area contributed by atoms with E-state index in [1.165, 1.54) is 30.4 Å². The van der Waals surface area contributed by atoms with Gasteiger partial charge in [-0.05, 0) is 63.0 Å². The lowest BCUT2D eigenvalue weighted by Gasteiger charge is -2.40. The molecule has 2 aliphatic rings. The number of aryl methyl sites for hydroxylation is 1. The fourth-order valence-corrected chi connectivity index (χ4v) is 4.73. The number of hydrogen-bond acceptors (Lipinski definition) is 2. The average molecular weight is 369 g/mol. The number of nitrogens with zero attached hydrogens (tertiary/aromatic N) is 1. The van der Waals surface area contributed by atoms with Gasteiger partial charge in [-0.15, -0.1) is 0 Å². The van der Waals surface area contributed by atoms with Crippen LogP contribution in [0.5, 0.6) is 0 Å². The molecular weight excluding hydrogens is 332 g/mol. The lowest BCUT2D eigenvalue weighted by Crippen LogP contribution is -2.55. The van der Waals surface area contributed by atoms with E-state index in [1.54, 1.807) is 0 Å². The first-order chi connectivity index (χ1) is 12.9. The molecule has 0 spiro atoms. The molecule has 0 saturated heterocycles. The standard InChI is InChI=1S/C24H36N2O/c1-16-10-9-13-22(18(16)3)25-23-19(4)20(5)24(27)26(23)17(2)14-15-21-11-7-6-8-12-21/h6-8,11-12,16-18,22-23,25H,9-10,13-15H2,1-5H3/t16-,17+,18+,22+,23+/m0/s1. The Hall–Kier alpha value is -1.61. The summed E-state index contributed by atoms with van der Waals surface area (Å²) in [5.74, 6) is 1.62. The van der Waals surface area contributed by atoms with Gasteiger partial charge >= 0.3 is 0 Å². The molecule has 5 atom stereocenters. The SMILES string of the molecule is CC1=C(C)[C@H](N[C@@H]2CCC[C@H](C)[C@H]2C)N([C@H](C)CCc2ccccc2)C1=O. The van der Waals surface area contributed by atoms with Gasteiger partial charge in [0.1, 0.15) is 6.17 Å². The van der Waals surface area contributed by atoms with Gasteiger partial charge in [0.25, 0.3) is 5.91 Å². The van der Waals surface area contributed by atoms with Crippen molar-refractivity contribution in [2.24, 2.45) is 11.8 Å². The van der Waals surface area contributed by atoms with Crippen molar-refractivity contribution in [3.63, 3.8) is 0 Å². The van der Waals surface area contributed by atoms with Crippen LogP contribution >= 0.6 is 0 Å². The van der Waals surface area contributed by atoms with Crippen LogP contribution in [0, 0.1) is 11.8 Å². The second kappa shape index (κ2) is 8.60. The summed E-state index contributed by atoms with van der Waals surface area (Å²) in [5, 5.41) is 3.88. The van der Waals surface area contributed by atoms with Gasteiger partial charge in [0.2, 0.25) is 0 Å². The highest BCUT2D eigenvalue weighted by Crippen LogP contribution is 2.33. The third-order valence-corrected chi connectivity index (χ3v) is 7.08. The number of rotatable bonds is 6. The molecule has 1 aromatic rings. The van der Waals surface area contributed by atoms with Gasteiger partial charge in [0, 0.05) is 17.7 Å². The minimum absolute atomic E-state index is 0.0565. The minimum atomic E-state index is 0.0565. The molecule has 0 radical (unpaired) electrons. The zero-order valence-electron chi connectivity index (χ0n) is 17.7. The van der Waals surface area contributed by atoms with Crippen LogP contribution in [0.25, 0.3) is 0 Å². The van der Waals surface area contributed by atoms with E-state index < -0.39 is 0 Å². The second-order valence-corrected chi connectivity index (χ2v) is 8.84. The fourth-order valence-electron chi connectivity index (χ4n) is 4.73. The van der Waals surface area contributed by atoms with Crippen molar-refractivity contribution in [3.05, 3.63) is 47.0 Å². The molecule has 1 aromatic carbocycles. The summed E-state index contributed by atoms with van der Waals surface area (Å²) < 4.78 is 0. The Bertz CT molecular complexity index is 681. The van der Waals surface area contributed by atoms with Gasteiger partial charge in [0.05, 0.1) is 0 Å². The number of benzene rings is 1. The van der Waals surface area contributed by atoms with E-state index in [4.69, 9.17) is 0 Å². The third-order valence-electron chi connectivity index (χ3n) is 7.08. The molecule has 148 valence electrons. The van der Waals surface area contributed by atoms with Crippen LogP contribution < -0.4 is 5.32 Å². The second-order valence-electron chi connectivity index (χ2n) is 8.84. The van der Waals surface area contributed by atoms with Gasteiger partial charge in [-0.1, -0.05) is 57.0 Å². The summed E-state index contributed by atoms with van der Waals surface area (Å²) in [7, 11) is 0. The van der Waals surface area contributed by atoms with E-state index in [-0.39, 0.29) is 18.1 Å². The first-order valence-corrected chi connectivity index (χ1v) is 10.7. The van der Waals surface area contributed by atoms with E-state index in [0.29, 0.717) is 12.0 Å². The Morgan fingerprint density at radius 3 is 2.56 bits per heavy atom. The van der Waals surface area contributed by atoms with E-state index >= 15 is 0 Å². The van der Waals surface area contributed by atoms with Crippen molar-refractivity contribution in [2.75, 3.05) is 0 Å². The summed E-state index contributed by atoms with van der Waals surface area (Å²) >= 11 is 0. The van der Waals surface area contributed by atoms with Crippen LogP contribution in [0.3, 0.4) is 0 Å². The van der Waals surface area contributed by atoms with Crippen molar-refractivity contribution in [3.8, 4) is 0 Å². The largest absolute Gasteiger partial charge is 0.317 e. The number of carbonyl (C=O) groups is 1. The molecular formula is C24H36N2O. The van der Waals surface area contributed by atoms with Crippen molar-refractivity contribution in [1.29, 1.82) is 0 Å². The summed E-state index contributed by atoms with van der Waals surface area (Å²) in [6.07, 6.45) is 5.89. The van der Waals surface area contributed by atoms with E-state index in [1.807, 2.05) is 6.92 Å². The molecule has 1 heterocycles. The Balaban J connectivity index is 1.70. The van der Waals surface area contributed by atoms with Crippen molar-refractivity contribution in [2.45, 2.75) is 85.0 Å². The highest BCUT2D eigenvalue weighted by molar-refractivity contribution is 5.97. The monoisotopic (exact) mass is 368 g/mol. The summed E-state index contributed by atoms with van der Waals surface area (Å²) in [6.45, 7) is 11.1. The van der Waals surface area contributed by atoms with Crippen LogP contribution in [-0.4, -0.2) is 29.1 Å². The predicted octanol–water partition coefficient (Wildman–Crippen LogP) is 4.93. The molecule has 3 nitrogen and oxygen atoms in total. The quantitative estimate of drug-likeness (QED) is 0.772. The molecule has 27 heavy (non-hydrogen) atoms.